The third-order valence-electron chi connectivity index (χ3n) is 2.84. The van der Waals surface area contributed by atoms with Crippen LogP contribution in [0.3, 0.4) is 0 Å². The van der Waals surface area contributed by atoms with E-state index in [4.69, 9.17) is 11.1 Å². The van der Waals surface area contributed by atoms with Crippen LogP contribution < -0.4 is 5.73 Å². The minimum absolute atomic E-state index is 0.195. The molecule has 0 aromatic heterocycles. The van der Waals surface area contributed by atoms with E-state index in [0.717, 1.165) is 25.9 Å². The van der Waals surface area contributed by atoms with Crippen LogP contribution in [0, 0.1) is 11.2 Å². The van der Waals surface area contributed by atoms with Gasteiger partial charge >= 0.3 is 0 Å². The number of halogens is 1. The van der Waals surface area contributed by atoms with Crippen molar-refractivity contribution in [2.45, 2.75) is 33.2 Å². The molecule has 100 valence electrons. The van der Waals surface area contributed by atoms with Crippen LogP contribution in [0.15, 0.2) is 18.2 Å². The molecule has 0 aliphatic carbocycles. The van der Waals surface area contributed by atoms with Gasteiger partial charge < -0.3 is 5.73 Å². The van der Waals surface area contributed by atoms with Crippen LogP contribution in [0.5, 0.6) is 0 Å². The number of hydrogen-bond donors (Lipinski definition) is 2. The Morgan fingerprint density at radius 3 is 2.39 bits per heavy atom. The van der Waals surface area contributed by atoms with Crippen LogP contribution in [-0.4, -0.2) is 23.8 Å². The van der Waals surface area contributed by atoms with Gasteiger partial charge in [-0.3, -0.25) is 10.3 Å². The lowest BCUT2D eigenvalue weighted by Gasteiger charge is -2.21. The summed E-state index contributed by atoms with van der Waals surface area (Å²) in [6.45, 7) is 6.72. The minimum atomic E-state index is -0.359. The molecular weight excluding hydrogens is 229 g/mol. The molecule has 0 saturated carbocycles. The van der Waals surface area contributed by atoms with Crippen molar-refractivity contribution >= 4 is 5.84 Å². The molecule has 0 aliphatic heterocycles. The maximum absolute atomic E-state index is 14.1. The first-order chi connectivity index (χ1) is 8.60. The smallest absolute Gasteiger partial charge is 0.138 e. The average Bonchev–Trinajstić information content (AvgIpc) is 2.32. The summed E-state index contributed by atoms with van der Waals surface area (Å²) in [5.41, 5.74) is 6.17. The van der Waals surface area contributed by atoms with E-state index >= 15 is 0 Å². The molecule has 0 radical (unpaired) electrons. The molecule has 4 heteroatoms. The van der Waals surface area contributed by atoms with Crippen molar-refractivity contribution in [2.24, 2.45) is 5.73 Å². The average molecular weight is 251 g/mol. The van der Waals surface area contributed by atoms with Crippen molar-refractivity contribution in [3.05, 3.63) is 35.1 Å². The predicted octanol–water partition coefficient (Wildman–Crippen LogP) is 2.73. The highest BCUT2D eigenvalue weighted by Gasteiger charge is 2.12. The van der Waals surface area contributed by atoms with Crippen molar-refractivity contribution in [1.82, 2.24) is 4.90 Å². The molecule has 3 nitrogen and oxygen atoms in total. The summed E-state index contributed by atoms with van der Waals surface area (Å²) < 4.78 is 14.1. The Balaban J connectivity index is 2.88. The number of hydrogen-bond acceptors (Lipinski definition) is 2. The van der Waals surface area contributed by atoms with Gasteiger partial charge in [-0.25, -0.2) is 4.39 Å². The van der Waals surface area contributed by atoms with Gasteiger partial charge in [-0.05, 0) is 32.0 Å². The Kier molecular flexibility index (Phi) is 5.78. The third kappa shape index (κ3) is 3.81. The summed E-state index contributed by atoms with van der Waals surface area (Å²) >= 11 is 0. The van der Waals surface area contributed by atoms with Crippen LogP contribution in [0.4, 0.5) is 4.39 Å². The summed E-state index contributed by atoms with van der Waals surface area (Å²) in [6, 6.07) is 5.07. The molecule has 0 aliphatic rings. The fourth-order valence-corrected chi connectivity index (χ4v) is 2.05. The van der Waals surface area contributed by atoms with Crippen molar-refractivity contribution in [3.8, 4) is 0 Å². The Hall–Kier alpha value is -1.42. The van der Waals surface area contributed by atoms with Gasteiger partial charge in [0.05, 0.1) is 5.56 Å². The van der Waals surface area contributed by atoms with Gasteiger partial charge in [-0.2, -0.15) is 0 Å². The first-order valence-electron chi connectivity index (χ1n) is 6.44. The zero-order valence-electron chi connectivity index (χ0n) is 11.2. The highest BCUT2D eigenvalue weighted by Crippen LogP contribution is 2.15. The molecule has 0 spiro atoms. The summed E-state index contributed by atoms with van der Waals surface area (Å²) in [5.74, 6) is -0.575. The molecular formula is C14H22FN3. The SMILES string of the molecule is CCCN(CCC)Cc1cccc(C(=N)N)c1F. The second-order valence-corrected chi connectivity index (χ2v) is 4.47. The highest BCUT2D eigenvalue weighted by atomic mass is 19.1. The Labute approximate surface area is 108 Å². The summed E-state index contributed by atoms with van der Waals surface area (Å²) in [5, 5.41) is 7.34. The number of nitrogens with two attached hydrogens (primary N) is 1. The molecule has 0 fully saturated rings. The first-order valence-corrected chi connectivity index (χ1v) is 6.44. The Morgan fingerprint density at radius 1 is 1.28 bits per heavy atom. The fourth-order valence-electron chi connectivity index (χ4n) is 2.05. The summed E-state index contributed by atoms with van der Waals surface area (Å²) in [7, 11) is 0. The second-order valence-electron chi connectivity index (χ2n) is 4.47. The first kappa shape index (κ1) is 14.6. The maximum atomic E-state index is 14.1. The zero-order chi connectivity index (χ0) is 13.5. The lowest BCUT2D eigenvalue weighted by atomic mass is 10.1. The van der Waals surface area contributed by atoms with Gasteiger partial charge in [0.2, 0.25) is 0 Å². The lowest BCUT2D eigenvalue weighted by Crippen LogP contribution is -2.26. The monoisotopic (exact) mass is 251 g/mol. The van der Waals surface area contributed by atoms with E-state index < -0.39 is 0 Å². The highest BCUT2D eigenvalue weighted by molar-refractivity contribution is 5.95. The van der Waals surface area contributed by atoms with Crippen molar-refractivity contribution < 1.29 is 4.39 Å². The molecule has 1 aromatic rings. The number of nitrogen functional groups attached to an aromatic ring is 1. The molecule has 3 N–H and O–H groups in total. The van der Waals surface area contributed by atoms with Crippen LogP contribution in [0.25, 0.3) is 0 Å². The number of nitrogens with one attached hydrogen (secondary N) is 1. The molecule has 0 heterocycles. The fraction of sp³-hybridized carbons (Fsp3) is 0.500. The van der Waals surface area contributed by atoms with E-state index in [0.29, 0.717) is 12.1 Å². The van der Waals surface area contributed by atoms with E-state index in [-0.39, 0.29) is 17.2 Å². The standard InChI is InChI=1S/C14H22FN3/c1-3-8-18(9-4-2)10-11-6-5-7-12(13(11)15)14(16)17/h5-7H,3-4,8-10H2,1-2H3,(H3,16,17). The van der Waals surface area contributed by atoms with Gasteiger partial charge in [0.25, 0.3) is 0 Å². The van der Waals surface area contributed by atoms with E-state index in [1.165, 1.54) is 0 Å². The van der Waals surface area contributed by atoms with Gasteiger partial charge in [0.1, 0.15) is 11.7 Å². The van der Waals surface area contributed by atoms with Crippen LogP contribution in [0.1, 0.15) is 37.8 Å². The van der Waals surface area contributed by atoms with Gasteiger partial charge in [-0.15, -0.1) is 0 Å². The van der Waals surface area contributed by atoms with E-state index in [1.54, 1.807) is 18.2 Å². The van der Waals surface area contributed by atoms with Crippen molar-refractivity contribution in [3.63, 3.8) is 0 Å². The molecule has 0 saturated heterocycles. The number of amidine groups is 1. The molecule has 1 rings (SSSR count). The van der Waals surface area contributed by atoms with Gasteiger partial charge in [0, 0.05) is 12.1 Å². The molecule has 0 unspecified atom stereocenters. The van der Waals surface area contributed by atoms with E-state index in [9.17, 15) is 4.39 Å². The normalized spacial score (nSPS) is 10.9. The van der Waals surface area contributed by atoms with E-state index in [2.05, 4.69) is 18.7 Å². The summed E-state index contributed by atoms with van der Waals surface area (Å²) in [4.78, 5) is 2.22. The van der Waals surface area contributed by atoms with Crippen molar-refractivity contribution in [2.75, 3.05) is 13.1 Å². The van der Waals surface area contributed by atoms with Crippen LogP contribution in [0.2, 0.25) is 0 Å². The van der Waals surface area contributed by atoms with Crippen LogP contribution in [-0.2, 0) is 6.54 Å². The van der Waals surface area contributed by atoms with Gasteiger partial charge in [0.15, 0.2) is 0 Å². The Morgan fingerprint density at radius 2 is 1.89 bits per heavy atom. The topological polar surface area (TPSA) is 53.1 Å². The molecule has 0 amide bonds. The molecule has 0 bridgehead atoms. The number of benzene rings is 1. The second kappa shape index (κ2) is 7.11. The Bertz CT molecular complexity index is 398. The summed E-state index contributed by atoms with van der Waals surface area (Å²) in [6.07, 6.45) is 2.10. The van der Waals surface area contributed by atoms with Crippen LogP contribution >= 0.6 is 0 Å². The van der Waals surface area contributed by atoms with Gasteiger partial charge in [-0.1, -0.05) is 26.0 Å². The quantitative estimate of drug-likeness (QED) is 0.578. The lowest BCUT2D eigenvalue weighted by molar-refractivity contribution is 0.263. The molecule has 18 heavy (non-hydrogen) atoms. The predicted molar refractivity (Wildman–Crippen MR) is 73.3 cm³/mol. The zero-order valence-corrected chi connectivity index (χ0v) is 11.2. The molecule has 1 aromatic carbocycles. The van der Waals surface area contributed by atoms with Crippen molar-refractivity contribution in [1.29, 1.82) is 5.41 Å². The largest absolute Gasteiger partial charge is 0.384 e. The number of nitrogens with zero attached hydrogens (tertiary/aromatic N) is 1. The minimum Gasteiger partial charge on any atom is -0.384 e. The molecule has 0 atom stereocenters. The van der Waals surface area contributed by atoms with E-state index in [1.807, 2.05) is 0 Å². The third-order valence-corrected chi connectivity index (χ3v) is 2.84. The maximum Gasteiger partial charge on any atom is 0.138 e. The number of rotatable bonds is 7.